The molecule has 1 fully saturated rings. The van der Waals surface area contributed by atoms with Crippen LogP contribution in [0.1, 0.15) is 67.7 Å². The summed E-state index contributed by atoms with van der Waals surface area (Å²) in [6.45, 7) is 6.20. The summed E-state index contributed by atoms with van der Waals surface area (Å²) in [6.07, 6.45) is -1.70. The van der Waals surface area contributed by atoms with Crippen molar-refractivity contribution in [2.45, 2.75) is 67.0 Å². The van der Waals surface area contributed by atoms with Crippen molar-refractivity contribution in [1.29, 1.82) is 0 Å². The number of fused-ring (bicyclic) bond motifs is 2. The van der Waals surface area contributed by atoms with Gasteiger partial charge < -0.3 is 10.0 Å². The van der Waals surface area contributed by atoms with Gasteiger partial charge in [-0.3, -0.25) is 0 Å². The number of benzene rings is 3. The van der Waals surface area contributed by atoms with Gasteiger partial charge in [0.05, 0.1) is 16.2 Å². The first-order chi connectivity index (χ1) is 17.7. The quantitative estimate of drug-likeness (QED) is 0.345. The minimum atomic E-state index is -4.54. The molecule has 2 nitrogen and oxygen atoms in total. The Balaban J connectivity index is 0.00000156. The number of piperidine rings is 1. The van der Waals surface area contributed by atoms with Crippen molar-refractivity contribution in [3.05, 3.63) is 94.0 Å². The molecule has 3 aromatic rings. The van der Waals surface area contributed by atoms with E-state index in [-0.39, 0.29) is 5.02 Å². The maximum absolute atomic E-state index is 13.3. The van der Waals surface area contributed by atoms with Crippen molar-refractivity contribution in [1.82, 2.24) is 4.90 Å². The minimum Gasteiger partial charge on any atom is -0.385 e. The fraction of sp³-hybridized carbons (Fsp3) is 0.400. The predicted molar refractivity (Wildman–Crippen MR) is 145 cm³/mol. The standard InChI is InChI=1S/C28H27ClF3NOS.C2H6/c29-24-12-11-19(18-23(24)28(30,31)32)27(34)13-16-33(17-14-27)15-5-8-20-21-6-1-3-9-25(21)35-26-10-4-2-7-22(20)26;1-2/h1-4,6-7,9-12,18,20,34H,5,8,13-17H2;1-2H3. The summed E-state index contributed by atoms with van der Waals surface area (Å²) < 4.78 is 39.9. The van der Waals surface area contributed by atoms with Crippen LogP contribution in [0.15, 0.2) is 76.5 Å². The normalized spacial score (nSPS) is 17.4. The highest BCUT2D eigenvalue weighted by Crippen LogP contribution is 2.47. The highest BCUT2D eigenvalue weighted by Gasteiger charge is 2.38. The Kier molecular flexibility index (Phi) is 8.95. The molecule has 5 rings (SSSR count). The Morgan fingerprint density at radius 2 is 1.51 bits per heavy atom. The zero-order chi connectivity index (χ0) is 26.6. The molecular formula is C30H33ClF3NOS. The summed E-state index contributed by atoms with van der Waals surface area (Å²) in [5.74, 6) is 0.361. The van der Waals surface area contributed by atoms with Crippen molar-refractivity contribution < 1.29 is 18.3 Å². The van der Waals surface area contributed by atoms with Crippen molar-refractivity contribution in [2.24, 2.45) is 0 Å². The van der Waals surface area contributed by atoms with Gasteiger partial charge in [-0.25, -0.2) is 0 Å². The first-order valence-electron chi connectivity index (χ1n) is 12.9. The van der Waals surface area contributed by atoms with Gasteiger partial charge in [-0.05, 0) is 73.2 Å². The molecule has 0 bridgehead atoms. The van der Waals surface area contributed by atoms with Crippen LogP contribution >= 0.6 is 23.4 Å². The molecular weight excluding hydrogens is 515 g/mol. The summed E-state index contributed by atoms with van der Waals surface area (Å²) >= 11 is 7.59. The maximum Gasteiger partial charge on any atom is 0.417 e. The van der Waals surface area contributed by atoms with Crippen LogP contribution in [-0.4, -0.2) is 29.6 Å². The van der Waals surface area contributed by atoms with Gasteiger partial charge in [-0.2, -0.15) is 13.2 Å². The lowest BCUT2D eigenvalue weighted by molar-refractivity contribution is -0.137. The lowest BCUT2D eigenvalue weighted by Crippen LogP contribution is -2.43. The van der Waals surface area contributed by atoms with Crippen LogP contribution in [0.2, 0.25) is 5.02 Å². The Morgan fingerprint density at radius 1 is 0.946 bits per heavy atom. The molecule has 7 heteroatoms. The molecule has 2 aliphatic rings. The van der Waals surface area contributed by atoms with Gasteiger partial charge in [0, 0.05) is 28.8 Å². The Bertz CT molecular complexity index is 1160. The van der Waals surface area contributed by atoms with Gasteiger partial charge >= 0.3 is 6.18 Å². The number of alkyl halides is 3. The lowest BCUT2D eigenvalue weighted by atomic mass is 9.83. The summed E-state index contributed by atoms with van der Waals surface area (Å²) in [6, 6.07) is 21.0. The van der Waals surface area contributed by atoms with Crippen molar-refractivity contribution in [2.75, 3.05) is 19.6 Å². The molecule has 0 saturated carbocycles. The first kappa shape index (κ1) is 28.0. The summed E-state index contributed by atoms with van der Waals surface area (Å²) in [5.41, 5.74) is 0.903. The number of rotatable bonds is 5. The molecule has 0 atom stereocenters. The maximum atomic E-state index is 13.3. The third-order valence-corrected chi connectivity index (χ3v) is 8.78. The molecule has 0 radical (unpaired) electrons. The zero-order valence-corrected chi connectivity index (χ0v) is 22.8. The Morgan fingerprint density at radius 3 is 2.08 bits per heavy atom. The Hall–Kier alpha value is -1.99. The zero-order valence-electron chi connectivity index (χ0n) is 21.2. The molecule has 1 N–H and O–H groups in total. The van der Waals surface area contributed by atoms with Crippen LogP contribution < -0.4 is 0 Å². The Labute approximate surface area is 226 Å². The van der Waals surface area contributed by atoms with Crippen LogP contribution in [-0.2, 0) is 11.8 Å². The number of aliphatic hydroxyl groups is 1. The van der Waals surface area contributed by atoms with E-state index in [0.29, 0.717) is 37.4 Å². The molecule has 0 spiro atoms. The number of hydrogen-bond donors (Lipinski definition) is 1. The number of likely N-dealkylation sites (tertiary alicyclic amines) is 1. The van der Waals surface area contributed by atoms with Crippen LogP contribution in [0.3, 0.4) is 0 Å². The number of halogens is 4. The van der Waals surface area contributed by atoms with Gasteiger partial charge in [-0.1, -0.05) is 79.7 Å². The van der Waals surface area contributed by atoms with E-state index in [1.54, 1.807) is 0 Å². The second-order valence-electron chi connectivity index (χ2n) is 9.44. The second-order valence-corrected chi connectivity index (χ2v) is 10.9. The van der Waals surface area contributed by atoms with E-state index in [0.717, 1.165) is 25.5 Å². The molecule has 0 unspecified atom stereocenters. The molecule has 0 aliphatic carbocycles. The van der Waals surface area contributed by atoms with Crippen molar-refractivity contribution >= 4 is 23.4 Å². The third kappa shape index (κ3) is 6.19. The summed E-state index contributed by atoms with van der Waals surface area (Å²) in [7, 11) is 0. The van der Waals surface area contributed by atoms with Gasteiger partial charge in [-0.15, -0.1) is 0 Å². The molecule has 198 valence electrons. The van der Waals surface area contributed by atoms with Crippen molar-refractivity contribution in [3.63, 3.8) is 0 Å². The average molecular weight is 548 g/mol. The fourth-order valence-electron chi connectivity index (χ4n) is 5.31. The molecule has 37 heavy (non-hydrogen) atoms. The van der Waals surface area contributed by atoms with Crippen LogP contribution in [0, 0.1) is 0 Å². The summed E-state index contributed by atoms with van der Waals surface area (Å²) in [5, 5.41) is 10.8. The molecule has 2 aliphatic heterocycles. The van der Waals surface area contributed by atoms with E-state index >= 15 is 0 Å². The minimum absolute atomic E-state index is 0.293. The topological polar surface area (TPSA) is 23.5 Å². The van der Waals surface area contributed by atoms with Crippen LogP contribution in [0.25, 0.3) is 0 Å². The molecule has 0 aromatic heterocycles. The van der Waals surface area contributed by atoms with E-state index in [9.17, 15) is 18.3 Å². The number of nitrogens with zero attached hydrogens (tertiary/aromatic N) is 1. The predicted octanol–water partition coefficient (Wildman–Crippen LogP) is 8.75. The lowest BCUT2D eigenvalue weighted by Gasteiger charge is -2.39. The summed E-state index contributed by atoms with van der Waals surface area (Å²) in [4.78, 5) is 4.95. The van der Waals surface area contributed by atoms with Crippen LogP contribution in [0.4, 0.5) is 13.2 Å². The molecule has 1 saturated heterocycles. The van der Waals surface area contributed by atoms with E-state index in [1.807, 2.05) is 25.6 Å². The van der Waals surface area contributed by atoms with E-state index in [2.05, 4.69) is 53.4 Å². The molecule has 2 heterocycles. The second kappa shape index (κ2) is 11.8. The SMILES string of the molecule is CC.OC1(c2ccc(Cl)c(C(F)(F)F)c2)CCN(CCCC2c3ccccc3Sc3ccccc32)CC1. The highest BCUT2D eigenvalue weighted by atomic mass is 35.5. The molecule has 3 aromatic carbocycles. The van der Waals surface area contributed by atoms with Gasteiger partial charge in [0.1, 0.15) is 0 Å². The largest absolute Gasteiger partial charge is 0.417 e. The van der Waals surface area contributed by atoms with E-state index in [4.69, 9.17) is 11.6 Å². The van der Waals surface area contributed by atoms with E-state index < -0.39 is 17.3 Å². The molecule has 0 amide bonds. The monoisotopic (exact) mass is 547 g/mol. The first-order valence-corrected chi connectivity index (χ1v) is 14.1. The van der Waals surface area contributed by atoms with Crippen LogP contribution in [0.5, 0.6) is 0 Å². The van der Waals surface area contributed by atoms with Crippen molar-refractivity contribution in [3.8, 4) is 0 Å². The van der Waals surface area contributed by atoms with E-state index in [1.165, 1.54) is 33.1 Å². The third-order valence-electron chi connectivity index (χ3n) is 7.27. The average Bonchev–Trinajstić information content (AvgIpc) is 2.90. The van der Waals surface area contributed by atoms with Gasteiger partial charge in [0.25, 0.3) is 0 Å². The fourth-order valence-corrected chi connectivity index (χ4v) is 6.72. The van der Waals surface area contributed by atoms with Gasteiger partial charge in [0.15, 0.2) is 0 Å². The van der Waals surface area contributed by atoms with Gasteiger partial charge in [0.2, 0.25) is 0 Å². The smallest absolute Gasteiger partial charge is 0.385 e. The highest BCUT2D eigenvalue weighted by molar-refractivity contribution is 7.99. The number of hydrogen-bond acceptors (Lipinski definition) is 3.